The Kier molecular flexibility index (Phi) is 7.27. The second kappa shape index (κ2) is 8.18. The van der Waals surface area contributed by atoms with E-state index in [1.807, 2.05) is 0 Å². The molecule has 0 aliphatic carbocycles. The molecule has 0 bridgehead atoms. The average molecular weight is 337 g/mol. The maximum Gasteiger partial charge on any atom is 0.0767 e. The van der Waals surface area contributed by atoms with Gasteiger partial charge in [0.05, 0.1) is 15.9 Å². The molecule has 0 N–H and O–H groups in total. The zero-order valence-electron chi connectivity index (χ0n) is 11.5. The third kappa shape index (κ3) is 3.97. The lowest BCUT2D eigenvalue weighted by molar-refractivity contribution is 0.271. The lowest BCUT2D eigenvalue weighted by Crippen LogP contribution is -2.26. The van der Waals surface area contributed by atoms with Crippen LogP contribution in [0.1, 0.15) is 38.6 Å². The number of aryl methyl sites for hydroxylation is 2. The molecule has 18 heavy (non-hydrogen) atoms. The van der Waals surface area contributed by atoms with Crippen molar-refractivity contribution in [3.05, 3.63) is 15.9 Å². The van der Waals surface area contributed by atoms with Crippen molar-refractivity contribution in [1.29, 1.82) is 0 Å². The summed E-state index contributed by atoms with van der Waals surface area (Å²) < 4.78 is 3.28. The Balaban J connectivity index is 2.83. The lowest BCUT2D eigenvalue weighted by atomic mass is 10.3. The van der Waals surface area contributed by atoms with Crippen LogP contribution in [0.15, 0.2) is 4.47 Å². The number of hydrogen-bond acceptors (Lipinski definition) is 2. The highest BCUT2D eigenvalue weighted by molar-refractivity contribution is 9.10. The molecule has 5 heteroatoms. The molecule has 0 saturated carbocycles. The highest BCUT2D eigenvalue weighted by Crippen LogP contribution is 2.23. The standard InChI is InChI=1S/C13H23BrClN3/c1-4-11-13(14)12(18(6-3)16-11)10-17(5-2)9-7-8-15/h4-10H2,1-3H3. The fourth-order valence-corrected chi connectivity index (χ4v) is 2.82. The summed E-state index contributed by atoms with van der Waals surface area (Å²) in [5.74, 6) is 0.727. The Morgan fingerprint density at radius 3 is 2.56 bits per heavy atom. The largest absolute Gasteiger partial charge is 0.298 e. The molecular weight excluding hydrogens is 314 g/mol. The predicted octanol–water partition coefficient (Wildman–Crippen LogP) is 3.68. The van der Waals surface area contributed by atoms with Gasteiger partial charge in [-0.25, -0.2) is 0 Å². The summed E-state index contributed by atoms with van der Waals surface area (Å²) in [5, 5.41) is 4.63. The Morgan fingerprint density at radius 1 is 1.33 bits per heavy atom. The van der Waals surface area contributed by atoms with Gasteiger partial charge in [-0.1, -0.05) is 13.8 Å². The van der Waals surface area contributed by atoms with Crippen LogP contribution in [-0.2, 0) is 19.5 Å². The van der Waals surface area contributed by atoms with Crippen LogP contribution < -0.4 is 0 Å². The molecule has 1 heterocycles. The van der Waals surface area contributed by atoms with E-state index >= 15 is 0 Å². The second-order valence-corrected chi connectivity index (χ2v) is 5.46. The summed E-state index contributed by atoms with van der Waals surface area (Å²) in [6.07, 6.45) is 2.00. The molecule has 0 aromatic carbocycles. The zero-order chi connectivity index (χ0) is 13.5. The summed E-state index contributed by atoms with van der Waals surface area (Å²) in [6.45, 7) is 10.4. The van der Waals surface area contributed by atoms with E-state index in [4.69, 9.17) is 11.6 Å². The van der Waals surface area contributed by atoms with E-state index in [9.17, 15) is 0 Å². The van der Waals surface area contributed by atoms with Gasteiger partial charge in [0.15, 0.2) is 0 Å². The number of alkyl halides is 1. The van der Waals surface area contributed by atoms with Gasteiger partial charge in [-0.3, -0.25) is 9.58 Å². The summed E-state index contributed by atoms with van der Waals surface area (Å²) in [4.78, 5) is 2.41. The summed E-state index contributed by atoms with van der Waals surface area (Å²) in [7, 11) is 0. The fourth-order valence-electron chi connectivity index (χ4n) is 2.01. The minimum absolute atomic E-state index is 0.727. The van der Waals surface area contributed by atoms with Crippen molar-refractivity contribution in [2.45, 2.75) is 46.7 Å². The van der Waals surface area contributed by atoms with E-state index in [0.717, 1.165) is 50.6 Å². The van der Waals surface area contributed by atoms with Crippen LogP contribution in [0.5, 0.6) is 0 Å². The maximum atomic E-state index is 5.77. The van der Waals surface area contributed by atoms with Crippen molar-refractivity contribution >= 4 is 27.5 Å². The molecule has 1 aromatic rings. The smallest absolute Gasteiger partial charge is 0.0767 e. The van der Waals surface area contributed by atoms with E-state index < -0.39 is 0 Å². The van der Waals surface area contributed by atoms with E-state index in [1.54, 1.807) is 0 Å². The Labute approximate surface area is 124 Å². The monoisotopic (exact) mass is 335 g/mol. The molecule has 0 saturated heterocycles. The van der Waals surface area contributed by atoms with Crippen molar-refractivity contribution in [2.24, 2.45) is 0 Å². The van der Waals surface area contributed by atoms with Crippen molar-refractivity contribution in [3.63, 3.8) is 0 Å². The van der Waals surface area contributed by atoms with E-state index in [2.05, 4.69) is 51.4 Å². The molecule has 104 valence electrons. The minimum atomic E-state index is 0.727. The number of halogens is 2. The van der Waals surface area contributed by atoms with Crippen LogP contribution in [-0.4, -0.2) is 33.6 Å². The van der Waals surface area contributed by atoms with Gasteiger partial charge >= 0.3 is 0 Å². The SMILES string of the molecule is CCc1nn(CC)c(CN(CC)CCCCl)c1Br. The highest BCUT2D eigenvalue weighted by atomic mass is 79.9. The van der Waals surface area contributed by atoms with Gasteiger partial charge in [0.2, 0.25) is 0 Å². The molecule has 3 nitrogen and oxygen atoms in total. The Morgan fingerprint density at radius 2 is 2.06 bits per heavy atom. The van der Waals surface area contributed by atoms with Crippen molar-refractivity contribution in [3.8, 4) is 0 Å². The van der Waals surface area contributed by atoms with Crippen LogP contribution in [0.25, 0.3) is 0 Å². The molecule has 0 radical (unpaired) electrons. The van der Waals surface area contributed by atoms with E-state index in [1.165, 1.54) is 10.2 Å². The number of nitrogens with zero attached hydrogens (tertiary/aromatic N) is 3. The highest BCUT2D eigenvalue weighted by Gasteiger charge is 2.16. The molecule has 0 fully saturated rings. The van der Waals surface area contributed by atoms with Crippen LogP contribution in [0.3, 0.4) is 0 Å². The third-order valence-electron chi connectivity index (χ3n) is 3.12. The molecule has 0 spiro atoms. The van der Waals surface area contributed by atoms with Gasteiger partial charge in [-0.05, 0) is 48.8 Å². The van der Waals surface area contributed by atoms with Crippen molar-refractivity contribution in [1.82, 2.24) is 14.7 Å². The Hall–Kier alpha value is -0.0600. The normalized spacial score (nSPS) is 11.4. The number of rotatable bonds is 8. The summed E-state index contributed by atoms with van der Waals surface area (Å²) in [6, 6.07) is 0. The minimum Gasteiger partial charge on any atom is -0.298 e. The molecule has 1 rings (SSSR count). The molecule has 0 unspecified atom stereocenters. The van der Waals surface area contributed by atoms with E-state index in [0.29, 0.717) is 0 Å². The van der Waals surface area contributed by atoms with Gasteiger partial charge in [-0.15, -0.1) is 11.6 Å². The van der Waals surface area contributed by atoms with Gasteiger partial charge in [0, 0.05) is 19.0 Å². The van der Waals surface area contributed by atoms with Crippen molar-refractivity contribution < 1.29 is 0 Å². The topological polar surface area (TPSA) is 21.1 Å². The molecule has 0 aliphatic rings. The molecule has 0 atom stereocenters. The first kappa shape index (κ1) is 16.0. The maximum absolute atomic E-state index is 5.77. The van der Waals surface area contributed by atoms with Crippen molar-refractivity contribution in [2.75, 3.05) is 19.0 Å². The lowest BCUT2D eigenvalue weighted by Gasteiger charge is -2.20. The number of hydrogen-bond donors (Lipinski definition) is 0. The fraction of sp³-hybridized carbons (Fsp3) is 0.769. The second-order valence-electron chi connectivity index (χ2n) is 4.29. The molecule has 0 aliphatic heterocycles. The first-order valence-electron chi connectivity index (χ1n) is 6.70. The Bertz CT molecular complexity index is 365. The van der Waals surface area contributed by atoms with Crippen LogP contribution in [0, 0.1) is 0 Å². The quantitative estimate of drug-likeness (QED) is 0.675. The van der Waals surface area contributed by atoms with Crippen LogP contribution in [0.2, 0.25) is 0 Å². The third-order valence-corrected chi connectivity index (χ3v) is 4.31. The average Bonchev–Trinajstić information content (AvgIpc) is 2.70. The van der Waals surface area contributed by atoms with Crippen LogP contribution >= 0.6 is 27.5 Å². The zero-order valence-corrected chi connectivity index (χ0v) is 13.9. The van der Waals surface area contributed by atoms with Gasteiger partial charge in [0.25, 0.3) is 0 Å². The number of aromatic nitrogens is 2. The molecular formula is C13H23BrClN3. The summed E-state index contributed by atoms with van der Waals surface area (Å²) in [5.41, 5.74) is 2.44. The van der Waals surface area contributed by atoms with E-state index in [-0.39, 0.29) is 0 Å². The van der Waals surface area contributed by atoms with Gasteiger partial charge in [0.1, 0.15) is 0 Å². The van der Waals surface area contributed by atoms with Gasteiger partial charge < -0.3 is 0 Å². The first-order chi connectivity index (χ1) is 8.67. The van der Waals surface area contributed by atoms with Crippen LogP contribution in [0.4, 0.5) is 0 Å². The molecule has 1 aromatic heterocycles. The molecule has 0 amide bonds. The first-order valence-corrected chi connectivity index (χ1v) is 8.02. The predicted molar refractivity (Wildman–Crippen MR) is 81.3 cm³/mol. The van der Waals surface area contributed by atoms with Gasteiger partial charge in [-0.2, -0.15) is 5.10 Å². The summed E-state index contributed by atoms with van der Waals surface area (Å²) >= 11 is 9.46.